The molecule has 2 aliphatic heterocycles. The molecule has 0 amide bonds. The van der Waals surface area contributed by atoms with Gasteiger partial charge in [-0.1, -0.05) is 12.1 Å². The molecule has 0 aliphatic carbocycles. The molecule has 0 saturated carbocycles. The molecule has 84 valence electrons. The molecule has 0 atom stereocenters. The molecule has 0 N–H and O–H groups in total. The predicted molar refractivity (Wildman–Crippen MR) is 62.4 cm³/mol. The molecule has 3 rings (SSSR count). The topological polar surface area (TPSA) is 83.7 Å². The van der Waals surface area contributed by atoms with Crippen LogP contribution in [0.25, 0.3) is 11.3 Å². The van der Waals surface area contributed by atoms with Gasteiger partial charge in [0.25, 0.3) is 11.1 Å². The smallest absolute Gasteiger partial charge is 0.267 e. The molecule has 0 aromatic heterocycles. The molecule has 1 aromatic rings. The summed E-state index contributed by atoms with van der Waals surface area (Å²) in [6.07, 6.45) is 1.25. The zero-order chi connectivity index (χ0) is 12.7. The van der Waals surface area contributed by atoms with Crippen molar-refractivity contribution in [2.75, 3.05) is 0 Å². The summed E-state index contributed by atoms with van der Waals surface area (Å²) in [4.78, 5) is 30.6. The Morgan fingerprint density at radius 3 is 2.44 bits per heavy atom. The summed E-state index contributed by atoms with van der Waals surface area (Å²) in [5.41, 5.74) is 0.581. The molecule has 5 nitrogen and oxygen atoms in total. The number of nitriles is 1. The van der Waals surface area contributed by atoms with Gasteiger partial charge in [-0.25, -0.2) is 9.97 Å². The highest BCUT2D eigenvalue weighted by atomic mass is 16.1. The van der Waals surface area contributed by atoms with Crippen LogP contribution in [0.15, 0.2) is 40.1 Å². The van der Waals surface area contributed by atoms with E-state index in [0.29, 0.717) is 16.8 Å². The Balaban J connectivity index is 2.34. The highest BCUT2D eigenvalue weighted by Gasteiger charge is 2.13. The van der Waals surface area contributed by atoms with E-state index in [-0.39, 0.29) is 10.4 Å². The summed E-state index contributed by atoms with van der Waals surface area (Å²) in [6.45, 7) is 0. The van der Waals surface area contributed by atoms with Crippen molar-refractivity contribution in [2.24, 2.45) is 0 Å². The van der Waals surface area contributed by atoms with Crippen molar-refractivity contribution < 1.29 is 0 Å². The number of nitrogens with zero attached hydrogens (tertiary/aromatic N) is 3. The number of benzene rings is 1. The maximum absolute atomic E-state index is 11.6. The Hall–Kier alpha value is -2.87. The SMILES string of the molecule is N#Cc1ccc(-c2nc(=O)c3cnc(=O)c2=3)cc1. The van der Waals surface area contributed by atoms with Crippen molar-refractivity contribution in [1.29, 1.82) is 5.26 Å². The lowest BCUT2D eigenvalue weighted by Crippen LogP contribution is -2.01. The minimum atomic E-state index is -0.445. The summed E-state index contributed by atoms with van der Waals surface area (Å²) in [5, 5.41) is 9.21. The van der Waals surface area contributed by atoms with Crippen molar-refractivity contribution in [3.05, 3.63) is 67.2 Å². The summed E-state index contributed by atoms with van der Waals surface area (Å²) in [6, 6.07) is 8.54. The monoisotopic (exact) mass is 235 g/mol. The average molecular weight is 235 g/mol. The number of hydrogen-bond donors (Lipinski definition) is 0. The van der Waals surface area contributed by atoms with Gasteiger partial charge in [-0.05, 0) is 12.1 Å². The van der Waals surface area contributed by atoms with Crippen LogP contribution in [0.2, 0.25) is 0 Å². The van der Waals surface area contributed by atoms with Gasteiger partial charge in [0.05, 0.1) is 27.8 Å². The van der Waals surface area contributed by atoms with Gasteiger partial charge in [-0.2, -0.15) is 5.26 Å². The Kier molecular flexibility index (Phi) is 2.04. The van der Waals surface area contributed by atoms with Gasteiger partial charge in [0.2, 0.25) is 0 Å². The van der Waals surface area contributed by atoms with E-state index in [1.165, 1.54) is 6.20 Å². The fourth-order valence-corrected chi connectivity index (χ4v) is 1.89. The van der Waals surface area contributed by atoms with Gasteiger partial charge in [0, 0.05) is 11.8 Å². The minimum absolute atomic E-state index is 0.249. The summed E-state index contributed by atoms with van der Waals surface area (Å²) in [5.74, 6) is 0. The lowest BCUT2D eigenvalue weighted by Gasteiger charge is -1.95. The van der Waals surface area contributed by atoms with Gasteiger partial charge in [-0.3, -0.25) is 9.59 Å². The lowest BCUT2D eigenvalue weighted by molar-refractivity contribution is 1.23. The van der Waals surface area contributed by atoms with Crippen LogP contribution in [-0.2, 0) is 0 Å². The third-order valence-corrected chi connectivity index (χ3v) is 2.76. The molecular formula is C13H5N3O2. The van der Waals surface area contributed by atoms with Gasteiger partial charge in [-0.15, -0.1) is 0 Å². The summed E-state index contributed by atoms with van der Waals surface area (Å²) >= 11 is 0. The molecular weight excluding hydrogens is 230 g/mol. The number of aromatic nitrogens is 2. The first-order valence-corrected chi connectivity index (χ1v) is 5.17. The zero-order valence-electron chi connectivity index (χ0n) is 9.04. The average Bonchev–Trinajstić information content (AvgIpc) is 2.92. The second kappa shape index (κ2) is 3.57. The van der Waals surface area contributed by atoms with E-state index in [0.717, 1.165) is 0 Å². The zero-order valence-corrected chi connectivity index (χ0v) is 9.04. The van der Waals surface area contributed by atoms with Crippen molar-refractivity contribution in [3.8, 4) is 17.3 Å². The van der Waals surface area contributed by atoms with Crippen molar-refractivity contribution in [1.82, 2.24) is 9.97 Å². The first-order chi connectivity index (χ1) is 8.70. The van der Waals surface area contributed by atoms with E-state index in [1.807, 2.05) is 6.07 Å². The fourth-order valence-electron chi connectivity index (χ4n) is 1.89. The first-order valence-electron chi connectivity index (χ1n) is 5.17. The Bertz CT molecular complexity index is 911. The van der Waals surface area contributed by atoms with Crippen LogP contribution in [-0.4, -0.2) is 9.97 Å². The highest BCUT2D eigenvalue weighted by Crippen LogP contribution is 2.17. The molecule has 0 spiro atoms. The van der Waals surface area contributed by atoms with Crippen LogP contribution in [0.3, 0.4) is 0 Å². The molecule has 0 fully saturated rings. The van der Waals surface area contributed by atoms with Gasteiger partial charge in [0.1, 0.15) is 0 Å². The fraction of sp³-hybridized carbons (Fsp3) is 0. The summed E-state index contributed by atoms with van der Waals surface area (Å²) in [7, 11) is 0. The van der Waals surface area contributed by atoms with Crippen LogP contribution in [0.1, 0.15) is 5.56 Å². The predicted octanol–water partition coefficient (Wildman–Crippen LogP) is 0.336. The third kappa shape index (κ3) is 1.33. The Labute approximate surface area is 100 Å². The normalized spacial score (nSPS) is 10.6. The van der Waals surface area contributed by atoms with Crippen LogP contribution in [0.5, 0.6) is 0 Å². The maximum Gasteiger partial charge on any atom is 0.280 e. The van der Waals surface area contributed by atoms with Gasteiger partial charge in [0.15, 0.2) is 0 Å². The van der Waals surface area contributed by atoms with Crippen LogP contribution in [0.4, 0.5) is 0 Å². The van der Waals surface area contributed by atoms with Crippen molar-refractivity contribution in [3.63, 3.8) is 0 Å². The lowest BCUT2D eigenvalue weighted by atomic mass is 10.1. The van der Waals surface area contributed by atoms with Gasteiger partial charge >= 0.3 is 0 Å². The highest BCUT2D eigenvalue weighted by molar-refractivity contribution is 5.61. The molecule has 0 radical (unpaired) electrons. The molecule has 5 heteroatoms. The van der Waals surface area contributed by atoms with E-state index in [4.69, 9.17) is 5.26 Å². The largest absolute Gasteiger partial charge is 0.280 e. The summed E-state index contributed by atoms with van der Waals surface area (Å²) < 4.78 is 0. The molecule has 1 aromatic carbocycles. The van der Waals surface area contributed by atoms with E-state index >= 15 is 0 Å². The molecule has 0 unspecified atom stereocenters. The second-order valence-corrected chi connectivity index (χ2v) is 3.81. The van der Waals surface area contributed by atoms with E-state index in [1.54, 1.807) is 24.3 Å². The Morgan fingerprint density at radius 1 is 1.06 bits per heavy atom. The standard InChI is InChI=1S/C13H5N3O2/c14-5-7-1-3-8(4-2-7)11-10-9(12(17)16-11)6-15-13(10)18/h1-4,6H. The molecule has 2 aliphatic rings. The minimum Gasteiger partial charge on any atom is -0.267 e. The van der Waals surface area contributed by atoms with Crippen molar-refractivity contribution in [2.45, 2.75) is 0 Å². The maximum atomic E-state index is 11.6. The third-order valence-electron chi connectivity index (χ3n) is 2.76. The van der Waals surface area contributed by atoms with E-state index in [2.05, 4.69) is 9.97 Å². The molecule has 0 saturated heterocycles. The molecule has 2 heterocycles. The van der Waals surface area contributed by atoms with Crippen LogP contribution in [0, 0.1) is 21.8 Å². The van der Waals surface area contributed by atoms with E-state index in [9.17, 15) is 9.59 Å². The second-order valence-electron chi connectivity index (χ2n) is 3.81. The van der Waals surface area contributed by atoms with Crippen LogP contribution >= 0.6 is 0 Å². The van der Waals surface area contributed by atoms with Gasteiger partial charge < -0.3 is 0 Å². The van der Waals surface area contributed by atoms with E-state index < -0.39 is 11.1 Å². The first kappa shape index (κ1) is 10.3. The van der Waals surface area contributed by atoms with Crippen LogP contribution < -0.4 is 11.1 Å². The van der Waals surface area contributed by atoms with Crippen molar-refractivity contribution >= 4 is 0 Å². The molecule has 0 bridgehead atoms. The quantitative estimate of drug-likeness (QED) is 0.607. The molecule has 18 heavy (non-hydrogen) atoms. The number of rotatable bonds is 1. The number of hydrogen-bond acceptors (Lipinski definition) is 5. The Morgan fingerprint density at radius 2 is 1.78 bits per heavy atom.